The Balaban J connectivity index is 1.69. The summed E-state index contributed by atoms with van der Waals surface area (Å²) < 4.78 is 6.14. The van der Waals surface area contributed by atoms with E-state index < -0.39 is 0 Å². The van der Waals surface area contributed by atoms with E-state index in [0.29, 0.717) is 32.2 Å². The third-order valence-electron chi connectivity index (χ3n) is 5.68. The molecule has 0 N–H and O–H groups in total. The standard InChI is InChI=1S/C22H34N4O3/c1-17(2)12-25-13-20(29-16-19-6-4-5-9-23-19)14-26(15-21(25)27)22(28)18-7-10-24(3)11-8-18/h4-6,9,17-18,20H,7-8,10-16H2,1-3H3. The average molecular weight is 403 g/mol. The fourth-order valence-corrected chi connectivity index (χ4v) is 4.07. The number of carbonyl (C=O) groups is 2. The zero-order chi connectivity index (χ0) is 20.8. The highest BCUT2D eigenvalue weighted by molar-refractivity contribution is 5.86. The summed E-state index contributed by atoms with van der Waals surface area (Å²) >= 11 is 0. The Labute approximate surface area is 174 Å². The molecule has 1 unspecified atom stereocenters. The van der Waals surface area contributed by atoms with Gasteiger partial charge in [0.15, 0.2) is 0 Å². The zero-order valence-corrected chi connectivity index (χ0v) is 17.9. The molecule has 2 amide bonds. The Kier molecular flexibility index (Phi) is 7.61. The first kappa shape index (κ1) is 21.7. The molecular formula is C22H34N4O3. The van der Waals surface area contributed by atoms with Crippen LogP contribution in [0.4, 0.5) is 0 Å². The molecule has 160 valence electrons. The number of nitrogens with zero attached hydrogens (tertiary/aromatic N) is 4. The highest BCUT2D eigenvalue weighted by Gasteiger charge is 2.34. The molecule has 1 aromatic rings. The van der Waals surface area contributed by atoms with Crippen molar-refractivity contribution in [3.63, 3.8) is 0 Å². The third kappa shape index (κ3) is 6.24. The fraction of sp³-hybridized carbons (Fsp3) is 0.682. The van der Waals surface area contributed by atoms with Gasteiger partial charge in [0.05, 0.1) is 24.9 Å². The van der Waals surface area contributed by atoms with Crippen molar-refractivity contribution in [1.82, 2.24) is 19.7 Å². The van der Waals surface area contributed by atoms with Crippen molar-refractivity contribution in [3.05, 3.63) is 30.1 Å². The molecule has 2 aliphatic rings. The summed E-state index contributed by atoms with van der Waals surface area (Å²) in [5.41, 5.74) is 0.853. The molecule has 0 aliphatic carbocycles. The SMILES string of the molecule is CC(C)CN1CC(OCc2ccccn2)CN(C(=O)C2CCN(C)CC2)CC1=O. The Hall–Kier alpha value is -1.99. The summed E-state index contributed by atoms with van der Waals surface area (Å²) in [5, 5.41) is 0. The Morgan fingerprint density at radius 3 is 2.66 bits per heavy atom. The van der Waals surface area contributed by atoms with Gasteiger partial charge in [0.25, 0.3) is 0 Å². The van der Waals surface area contributed by atoms with E-state index in [9.17, 15) is 9.59 Å². The van der Waals surface area contributed by atoms with Gasteiger partial charge >= 0.3 is 0 Å². The van der Waals surface area contributed by atoms with E-state index >= 15 is 0 Å². The topological polar surface area (TPSA) is 66.0 Å². The summed E-state index contributed by atoms with van der Waals surface area (Å²) in [5.74, 6) is 0.492. The maximum absolute atomic E-state index is 13.2. The molecular weight excluding hydrogens is 368 g/mol. The Morgan fingerprint density at radius 1 is 1.24 bits per heavy atom. The van der Waals surface area contributed by atoms with E-state index in [-0.39, 0.29) is 30.4 Å². The van der Waals surface area contributed by atoms with Crippen molar-refractivity contribution >= 4 is 11.8 Å². The second kappa shape index (κ2) is 10.2. The van der Waals surface area contributed by atoms with E-state index in [1.54, 1.807) is 11.1 Å². The molecule has 1 aromatic heterocycles. The lowest BCUT2D eigenvalue weighted by Gasteiger charge is -2.32. The number of piperidine rings is 1. The van der Waals surface area contributed by atoms with E-state index in [0.717, 1.165) is 31.6 Å². The second-order valence-corrected chi connectivity index (χ2v) is 8.74. The molecule has 0 radical (unpaired) electrons. The van der Waals surface area contributed by atoms with Crippen molar-refractivity contribution in [2.24, 2.45) is 11.8 Å². The van der Waals surface area contributed by atoms with Gasteiger partial charge in [-0.2, -0.15) is 0 Å². The molecule has 29 heavy (non-hydrogen) atoms. The number of likely N-dealkylation sites (tertiary alicyclic amines) is 1. The minimum absolute atomic E-state index is 0.00656. The normalized spacial score (nSPS) is 22.2. The van der Waals surface area contributed by atoms with Crippen LogP contribution in [0.3, 0.4) is 0 Å². The minimum Gasteiger partial charge on any atom is -0.368 e. The summed E-state index contributed by atoms with van der Waals surface area (Å²) in [6.07, 6.45) is 3.25. The van der Waals surface area contributed by atoms with Gasteiger partial charge < -0.3 is 19.4 Å². The van der Waals surface area contributed by atoms with Gasteiger partial charge in [-0.3, -0.25) is 14.6 Å². The number of aromatic nitrogens is 1. The summed E-state index contributed by atoms with van der Waals surface area (Å²) in [6, 6.07) is 5.73. The van der Waals surface area contributed by atoms with Crippen LogP contribution < -0.4 is 0 Å². The van der Waals surface area contributed by atoms with Crippen LogP contribution in [0.1, 0.15) is 32.4 Å². The van der Waals surface area contributed by atoms with E-state index in [4.69, 9.17) is 4.74 Å². The quantitative estimate of drug-likeness (QED) is 0.724. The maximum Gasteiger partial charge on any atom is 0.242 e. The van der Waals surface area contributed by atoms with E-state index in [1.807, 2.05) is 23.1 Å². The molecule has 2 aliphatic heterocycles. The molecule has 3 rings (SSSR count). The molecule has 3 heterocycles. The van der Waals surface area contributed by atoms with Crippen LogP contribution in [0.15, 0.2) is 24.4 Å². The highest BCUT2D eigenvalue weighted by atomic mass is 16.5. The zero-order valence-electron chi connectivity index (χ0n) is 17.9. The summed E-state index contributed by atoms with van der Waals surface area (Å²) in [7, 11) is 2.08. The molecule has 0 bridgehead atoms. The number of ether oxygens (including phenoxy) is 1. The van der Waals surface area contributed by atoms with Crippen LogP contribution in [0.25, 0.3) is 0 Å². The maximum atomic E-state index is 13.2. The lowest BCUT2D eigenvalue weighted by molar-refractivity contribution is -0.142. The summed E-state index contributed by atoms with van der Waals surface area (Å²) in [4.78, 5) is 36.2. The molecule has 2 fully saturated rings. The van der Waals surface area contributed by atoms with Gasteiger partial charge in [-0.05, 0) is 51.0 Å². The lowest BCUT2D eigenvalue weighted by Crippen LogP contribution is -2.45. The van der Waals surface area contributed by atoms with Crippen LogP contribution >= 0.6 is 0 Å². The molecule has 0 aromatic carbocycles. The van der Waals surface area contributed by atoms with Crippen LogP contribution in [-0.2, 0) is 20.9 Å². The van der Waals surface area contributed by atoms with Crippen molar-refractivity contribution in [3.8, 4) is 0 Å². The van der Waals surface area contributed by atoms with E-state index in [2.05, 4.69) is 30.8 Å². The van der Waals surface area contributed by atoms with Crippen LogP contribution in [0.2, 0.25) is 0 Å². The fourth-order valence-electron chi connectivity index (χ4n) is 4.07. The van der Waals surface area contributed by atoms with Crippen molar-refractivity contribution in [2.75, 3.05) is 46.3 Å². The van der Waals surface area contributed by atoms with Gasteiger partial charge in [-0.1, -0.05) is 19.9 Å². The highest BCUT2D eigenvalue weighted by Crippen LogP contribution is 2.21. The number of pyridine rings is 1. The van der Waals surface area contributed by atoms with Gasteiger partial charge in [0, 0.05) is 31.7 Å². The molecule has 1 atom stereocenters. The van der Waals surface area contributed by atoms with Gasteiger partial charge in [0.2, 0.25) is 11.8 Å². The van der Waals surface area contributed by atoms with Crippen LogP contribution in [-0.4, -0.2) is 83.9 Å². The van der Waals surface area contributed by atoms with Crippen molar-refractivity contribution < 1.29 is 14.3 Å². The molecule has 0 saturated carbocycles. The third-order valence-corrected chi connectivity index (χ3v) is 5.68. The number of amides is 2. The largest absolute Gasteiger partial charge is 0.368 e. The van der Waals surface area contributed by atoms with Gasteiger partial charge in [-0.25, -0.2) is 0 Å². The molecule has 7 heteroatoms. The van der Waals surface area contributed by atoms with Gasteiger partial charge in [0.1, 0.15) is 0 Å². The molecule has 7 nitrogen and oxygen atoms in total. The predicted molar refractivity (Wildman–Crippen MR) is 111 cm³/mol. The average Bonchev–Trinajstić information content (AvgIpc) is 2.86. The number of rotatable bonds is 6. The predicted octanol–water partition coefficient (Wildman–Crippen LogP) is 1.64. The van der Waals surface area contributed by atoms with Crippen LogP contribution in [0, 0.1) is 11.8 Å². The first-order chi connectivity index (χ1) is 13.9. The van der Waals surface area contributed by atoms with E-state index in [1.165, 1.54) is 0 Å². The Morgan fingerprint density at radius 2 is 2.00 bits per heavy atom. The first-order valence-electron chi connectivity index (χ1n) is 10.7. The molecule has 2 saturated heterocycles. The van der Waals surface area contributed by atoms with Gasteiger partial charge in [-0.15, -0.1) is 0 Å². The first-order valence-corrected chi connectivity index (χ1v) is 10.7. The Bertz CT molecular complexity index is 674. The molecule has 0 spiro atoms. The lowest BCUT2D eigenvalue weighted by atomic mass is 9.95. The number of hydrogen-bond acceptors (Lipinski definition) is 5. The smallest absolute Gasteiger partial charge is 0.242 e. The number of carbonyl (C=O) groups excluding carboxylic acids is 2. The number of hydrogen-bond donors (Lipinski definition) is 0. The summed E-state index contributed by atoms with van der Waals surface area (Å²) in [6.45, 7) is 8.24. The van der Waals surface area contributed by atoms with Crippen molar-refractivity contribution in [2.45, 2.75) is 39.4 Å². The van der Waals surface area contributed by atoms with Crippen molar-refractivity contribution in [1.29, 1.82) is 0 Å². The van der Waals surface area contributed by atoms with Crippen LogP contribution in [0.5, 0.6) is 0 Å². The second-order valence-electron chi connectivity index (χ2n) is 8.74. The monoisotopic (exact) mass is 402 g/mol. The minimum atomic E-state index is -0.211.